The molecule has 0 aliphatic rings. The molecule has 1 aromatic carbocycles. The number of hydrogen-bond acceptors (Lipinski definition) is 5. The number of methoxy groups -OCH3 is 1. The van der Waals surface area contributed by atoms with E-state index in [1.54, 1.807) is 32.2 Å². The van der Waals surface area contributed by atoms with Crippen molar-refractivity contribution in [2.75, 3.05) is 19.9 Å². The Hall–Kier alpha value is -3.27. The summed E-state index contributed by atoms with van der Waals surface area (Å²) in [7, 11) is 2.79. The largest absolute Gasteiger partial charge is 0.464 e. The van der Waals surface area contributed by atoms with Gasteiger partial charge in [0.1, 0.15) is 6.07 Å². The lowest BCUT2D eigenvalue weighted by atomic mass is 10.1. The maximum atomic E-state index is 12.0. The maximum absolute atomic E-state index is 12.0. The van der Waals surface area contributed by atoms with Gasteiger partial charge in [-0.2, -0.15) is 5.26 Å². The van der Waals surface area contributed by atoms with Crippen LogP contribution in [0.1, 0.15) is 32.0 Å². The van der Waals surface area contributed by atoms with Crippen molar-refractivity contribution in [2.45, 2.75) is 6.92 Å². The number of ether oxygens (including phenoxy) is 1. The number of nitrogens with one attached hydrogen (secondary N) is 1. The van der Waals surface area contributed by atoms with E-state index in [0.717, 1.165) is 5.56 Å². The second-order valence-corrected chi connectivity index (χ2v) is 4.86. The highest BCUT2D eigenvalue weighted by Gasteiger charge is 2.22. The highest BCUT2D eigenvalue weighted by Crippen LogP contribution is 2.26. The van der Waals surface area contributed by atoms with E-state index in [0.29, 0.717) is 11.3 Å². The number of carbonyl (C=O) groups excluding carboxylic acids is 2. The van der Waals surface area contributed by atoms with Crippen LogP contribution in [0.2, 0.25) is 0 Å². The summed E-state index contributed by atoms with van der Waals surface area (Å²) in [6.45, 7) is 1.80. The monoisotopic (exact) mass is 312 g/mol. The van der Waals surface area contributed by atoms with Crippen molar-refractivity contribution >= 4 is 17.6 Å². The minimum atomic E-state index is -0.640. The van der Waals surface area contributed by atoms with E-state index in [9.17, 15) is 9.59 Å². The van der Waals surface area contributed by atoms with Crippen molar-refractivity contribution in [3.63, 3.8) is 0 Å². The molecule has 7 heteroatoms. The van der Waals surface area contributed by atoms with E-state index in [2.05, 4.69) is 5.32 Å². The van der Waals surface area contributed by atoms with Crippen molar-refractivity contribution in [1.29, 1.82) is 5.26 Å². The molecule has 1 amide bonds. The quantitative estimate of drug-likeness (QED) is 0.832. The molecule has 0 spiro atoms. The molecule has 1 aromatic heterocycles. The zero-order chi connectivity index (χ0) is 17.1. The second-order valence-electron chi connectivity index (χ2n) is 4.86. The highest BCUT2D eigenvalue weighted by atomic mass is 16.5. The Morgan fingerprint density at radius 3 is 2.61 bits per heavy atom. The molecule has 2 aromatic rings. The summed E-state index contributed by atoms with van der Waals surface area (Å²) in [6, 6.07) is 6.95. The third kappa shape index (κ3) is 2.74. The van der Waals surface area contributed by atoms with E-state index in [1.807, 2.05) is 6.07 Å². The van der Waals surface area contributed by atoms with E-state index in [-0.39, 0.29) is 22.9 Å². The average molecular weight is 312 g/mol. The first kappa shape index (κ1) is 16.1. The smallest absolute Gasteiger partial charge is 0.357 e. The van der Waals surface area contributed by atoms with Crippen LogP contribution in [0.5, 0.6) is 0 Å². The van der Waals surface area contributed by atoms with E-state index in [4.69, 9.17) is 15.7 Å². The Morgan fingerprint density at radius 1 is 1.39 bits per heavy atom. The number of nitriles is 1. The molecule has 3 N–H and O–H groups in total. The number of hydrogen-bond donors (Lipinski definition) is 2. The molecule has 118 valence electrons. The predicted molar refractivity (Wildman–Crippen MR) is 84.4 cm³/mol. The number of amides is 1. The van der Waals surface area contributed by atoms with Gasteiger partial charge in [0.15, 0.2) is 5.69 Å². The zero-order valence-corrected chi connectivity index (χ0v) is 13.0. The second kappa shape index (κ2) is 6.23. The lowest BCUT2D eigenvalue weighted by Crippen LogP contribution is -2.18. The predicted octanol–water partition coefficient (Wildman–Crippen LogP) is 1.39. The molecule has 0 atom stereocenters. The lowest BCUT2D eigenvalue weighted by molar-refractivity contribution is 0.0592. The standard InChI is InChI=1S/C16H16N4O3/c1-9-6-10(15(21)19-2)4-5-12(9)20-8-11(7-17)13(18)14(20)16(22)23-3/h4-6,8H,18H2,1-3H3,(H,19,21). The fraction of sp³-hybridized carbons (Fsp3) is 0.188. The molecule has 0 aliphatic heterocycles. The van der Waals surface area contributed by atoms with Gasteiger partial charge >= 0.3 is 5.97 Å². The van der Waals surface area contributed by atoms with Crippen molar-refractivity contribution in [2.24, 2.45) is 0 Å². The van der Waals surface area contributed by atoms with Crippen LogP contribution in [0.15, 0.2) is 24.4 Å². The van der Waals surface area contributed by atoms with Crippen molar-refractivity contribution in [1.82, 2.24) is 9.88 Å². The number of nitrogen functional groups attached to an aromatic ring is 1. The van der Waals surface area contributed by atoms with Crippen LogP contribution in [-0.2, 0) is 4.74 Å². The number of aromatic nitrogens is 1. The minimum absolute atomic E-state index is 0.0640. The number of nitrogens with zero attached hydrogens (tertiary/aromatic N) is 2. The molecule has 2 rings (SSSR count). The Morgan fingerprint density at radius 2 is 2.09 bits per heavy atom. The molecular weight excluding hydrogens is 296 g/mol. The van der Waals surface area contributed by atoms with Gasteiger partial charge in [-0.25, -0.2) is 4.79 Å². The van der Waals surface area contributed by atoms with Gasteiger partial charge in [0.25, 0.3) is 5.91 Å². The fourth-order valence-corrected chi connectivity index (χ4v) is 2.32. The first-order valence-corrected chi connectivity index (χ1v) is 6.77. The van der Waals surface area contributed by atoms with Crippen molar-refractivity contribution in [3.8, 4) is 11.8 Å². The molecule has 1 heterocycles. The molecule has 0 saturated heterocycles. The molecule has 0 bridgehead atoms. The van der Waals surface area contributed by atoms with Crippen LogP contribution in [-0.4, -0.2) is 30.6 Å². The molecule has 0 fully saturated rings. The van der Waals surface area contributed by atoms with Crippen molar-refractivity contribution < 1.29 is 14.3 Å². The summed E-state index contributed by atoms with van der Waals surface area (Å²) in [4.78, 5) is 23.7. The summed E-state index contributed by atoms with van der Waals surface area (Å²) in [5.74, 6) is -0.851. The van der Waals surface area contributed by atoms with E-state index < -0.39 is 5.97 Å². The molecule has 0 unspecified atom stereocenters. The Kier molecular flexibility index (Phi) is 4.37. The number of rotatable bonds is 3. The van der Waals surface area contributed by atoms with Crippen LogP contribution in [0.4, 0.5) is 5.69 Å². The summed E-state index contributed by atoms with van der Waals surface area (Å²) >= 11 is 0. The third-order valence-electron chi connectivity index (χ3n) is 3.49. The van der Waals surface area contributed by atoms with Gasteiger partial charge in [-0.1, -0.05) is 0 Å². The molecule has 0 saturated carbocycles. The first-order valence-electron chi connectivity index (χ1n) is 6.77. The highest BCUT2D eigenvalue weighted by molar-refractivity contribution is 5.96. The fourth-order valence-electron chi connectivity index (χ4n) is 2.32. The Bertz CT molecular complexity index is 831. The van der Waals surface area contributed by atoms with Gasteiger partial charge in [-0.3, -0.25) is 4.79 Å². The van der Waals surface area contributed by atoms with Gasteiger partial charge in [0, 0.05) is 24.5 Å². The number of anilines is 1. The summed E-state index contributed by atoms with van der Waals surface area (Å²) < 4.78 is 6.25. The van der Waals surface area contributed by atoms with Crippen LogP contribution in [0, 0.1) is 18.3 Å². The van der Waals surface area contributed by atoms with E-state index >= 15 is 0 Å². The van der Waals surface area contributed by atoms with Crippen LogP contribution >= 0.6 is 0 Å². The number of benzene rings is 1. The van der Waals surface area contributed by atoms with Crippen LogP contribution in [0.25, 0.3) is 5.69 Å². The Balaban J connectivity index is 2.65. The number of esters is 1. The average Bonchev–Trinajstić information content (AvgIpc) is 2.89. The van der Waals surface area contributed by atoms with Gasteiger partial charge < -0.3 is 20.4 Å². The normalized spacial score (nSPS) is 10.0. The van der Waals surface area contributed by atoms with Crippen LogP contribution in [0.3, 0.4) is 0 Å². The van der Waals surface area contributed by atoms with Gasteiger partial charge in [-0.15, -0.1) is 0 Å². The Labute approximate surface area is 133 Å². The van der Waals surface area contributed by atoms with Crippen LogP contribution < -0.4 is 11.1 Å². The topological polar surface area (TPSA) is 110 Å². The number of carbonyl (C=O) groups is 2. The summed E-state index contributed by atoms with van der Waals surface area (Å²) in [5, 5.41) is 11.7. The summed E-state index contributed by atoms with van der Waals surface area (Å²) in [5.41, 5.74) is 8.07. The third-order valence-corrected chi connectivity index (χ3v) is 3.49. The molecule has 0 aliphatic carbocycles. The SMILES string of the molecule is CNC(=O)c1ccc(-n2cc(C#N)c(N)c2C(=O)OC)c(C)c1. The zero-order valence-electron chi connectivity index (χ0n) is 13.0. The molecule has 7 nitrogen and oxygen atoms in total. The van der Waals surface area contributed by atoms with E-state index in [1.165, 1.54) is 17.9 Å². The van der Waals surface area contributed by atoms with Gasteiger partial charge in [-0.05, 0) is 30.7 Å². The number of aryl methyl sites for hydroxylation is 1. The summed E-state index contributed by atoms with van der Waals surface area (Å²) in [6.07, 6.45) is 1.48. The molecule has 23 heavy (non-hydrogen) atoms. The lowest BCUT2D eigenvalue weighted by Gasteiger charge is -2.12. The van der Waals surface area contributed by atoms with Gasteiger partial charge in [0.05, 0.1) is 18.4 Å². The minimum Gasteiger partial charge on any atom is -0.464 e. The van der Waals surface area contributed by atoms with Gasteiger partial charge in [0.2, 0.25) is 0 Å². The maximum Gasteiger partial charge on any atom is 0.357 e. The number of nitrogens with two attached hydrogens (primary N) is 1. The molecular formula is C16H16N4O3. The molecule has 0 radical (unpaired) electrons. The van der Waals surface area contributed by atoms with Crippen molar-refractivity contribution in [3.05, 3.63) is 46.8 Å². The first-order chi connectivity index (χ1) is 10.9.